The highest BCUT2D eigenvalue weighted by Gasteiger charge is 2.30. The van der Waals surface area contributed by atoms with E-state index in [-0.39, 0.29) is 12.5 Å². The summed E-state index contributed by atoms with van der Waals surface area (Å²) < 4.78 is 1.48. The summed E-state index contributed by atoms with van der Waals surface area (Å²) in [6, 6.07) is 5.15. The SMILES string of the molecule is CCC(C)(CN)C(=O)Nc1cc(-n2cnnn2)ccc1Cl. The van der Waals surface area contributed by atoms with Gasteiger partial charge >= 0.3 is 0 Å². The summed E-state index contributed by atoms with van der Waals surface area (Å²) >= 11 is 6.13. The maximum atomic E-state index is 12.3. The zero-order chi connectivity index (χ0) is 15.5. The molecule has 8 heteroatoms. The molecule has 2 rings (SSSR count). The highest BCUT2D eigenvalue weighted by Crippen LogP contribution is 2.28. The zero-order valence-electron chi connectivity index (χ0n) is 11.9. The Morgan fingerprint density at radius 1 is 1.52 bits per heavy atom. The van der Waals surface area contributed by atoms with E-state index >= 15 is 0 Å². The smallest absolute Gasteiger partial charge is 0.231 e. The number of amides is 1. The second-order valence-corrected chi connectivity index (χ2v) is 5.40. The van der Waals surface area contributed by atoms with Gasteiger partial charge in [-0.3, -0.25) is 4.79 Å². The van der Waals surface area contributed by atoms with Crippen molar-refractivity contribution < 1.29 is 4.79 Å². The van der Waals surface area contributed by atoms with Gasteiger partial charge in [-0.2, -0.15) is 0 Å². The van der Waals surface area contributed by atoms with Crippen LogP contribution in [0.1, 0.15) is 20.3 Å². The normalized spacial score (nSPS) is 13.7. The number of nitrogens with one attached hydrogen (secondary N) is 1. The lowest BCUT2D eigenvalue weighted by molar-refractivity contribution is -0.124. The van der Waals surface area contributed by atoms with Crippen LogP contribution in [0.5, 0.6) is 0 Å². The molecule has 0 aliphatic carbocycles. The third kappa shape index (κ3) is 3.20. The molecular formula is C13H17ClN6O. The number of carbonyl (C=O) groups excluding carboxylic acids is 1. The lowest BCUT2D eigenvalue weighted by atomic mass is 9.86. The number of aromatic nitrogens is 4. The van der Waals surface area contributed by atoms with Gasteiger partial charge in [0.15, 0.2) is 0 Å². The van der Waals surface area contributed by atoms with Crippen LogP contribution in [0.2, 0.25) is 5.02 Å². The standard InChI is InChI=1S/C13H17ClN6O/c1-3-13(2,7-15)12(21)17-11-6-9(4-5-10(11)14)20-8-16-18-19-20/h4-6,8H,3,7,15H2,1-2H3,(H,17,21). The van der Waals surface area contributed by atoms with E-state index in [1.807, 2.05) is 13.8 Å². The number of benzene rings is 1. The van der Waals surface area contributed by atoms with E-state index in [1.165, 1.54) is 11.0 Å². The predicted molar refractivity (Wildman–Crippen MR) is 80.2 cm³/mol. The fourth-order valence-electron chi connectivity index (χ4n) is 1.70. The number of halogens is 1. The number of carbonyl (C=O) groups is 1. The molecule has 1 heterocycles. The van der Waals surface area contributed by atoms with Crippen molar-refractivity contribution in [2.75, 3.05) is 11.9 Å². The molecule has 112 valence electrons. The van der Waals surface area contributed by atoms with E-state index in [4.69, 9.17) is 17.3 Å². The number of anilines is 1. The van der Waals surface area contributed by atoms with Gasteiger partial charge in [-0.15, -0.1) is 5.10 Å². The third-order valence-electron chi connectivity index (χ3n) is 3.59. The molecule has 0 fully saturated rings. The summed E-state index contributed by atoms with van der Waals surface area (Å²) in [6.07, 6.45) is 2.10. The largest absolute Gasteiger partial charge is 0.329 e. The summed E-state index contributed by atoms with van der Waals surface area (Å²) in [6.45, 7) is 4.01. The van der Waals surface area contributed by atoms with Crippen LogP contribution in [0, 0.1) is 5.41 Å². The molecule has 1 atom stereocenters. The van der Waals surface area contributed by atoms with Gasteiger partial charge in [0.25, 0.3) is 0 Å². The first-order chi connectivity index (χ1) is 10.00. The molecule has 1 amide bonds. The van der Waals surface area contributed by atoms with Gasteiger partial charge < -0.3 is 11.1 Å². The fraction of sp³-hybridized carbons (Fsp3) is 0.385. The minimum Gasteiger partial charge on any atom is -0.329 e. The number of tetrazole rings is 1. The Morgan fingerprint density at radius 3 is 2.86 bits per heavy atom. The van der Waals surface area contributed by atoms with Crippen molar-refractivity contribution in [2.24, 2.45) is 11.1 Å². The molecular weight excluding hydrogens is 292 g/mol. The predicted octanol–water partition coefficient (Wildman–Crippen LogP) is 1.63. The molecule has 0 aliphatic rings. The van der Waals surface area contributed by atoms with Crippen molar-refractivity contribution in [2.45, 2.75) is 20.3 Å². The molecule has 0 aliphatic heterocycles. The lowest BCUT2D eigenvalue weighted by Gasteiger charge is -2.25. The monoisotopic (exact) mass is 308 g/mol. The molecule has 1 aromatic carbocycles. The van der Waals surface area contributed by atoms with Gasteiger partial charge in [-0.25, -0.2) is 4.68 Å². The highest BCUT2D eigenvalue weighted by atomic mass is 35.5. The van der Waals surface area contributed by atoms with Gasteiger partial charge in [0.1, 0.15) is 6.33 Å². The summed E-state index contributed by atoms with van der Waals surface area (Å²) in [5.74, 6) is -0.164. The van der Waals surface area contributed by atoms with Crippen molar-refractivity contribution in [1.29, 1.82) is 0 Å². The van der Waals surface area contributed by atoms with Crippen molar-refractivity contribution in [1.82, 2.24) is 20.2 Å². The Kier molecular flexibility index (Phi) is 4.54. The molecule has 0 radical (unpaired) electrons. The fourth-order valence-corrected chi connectivity index (χ4v) is 1.87. The Balaban J connectivity index is 2.28. The van der Waals surface area contributed by atoms with Gasteiger partial charge in [-0.1, -0.05) is 18.5 Å². The maximum absolute atomic E-state index is 12.3. The van der Waals surface area contributed by atoms with Crippen LogP contribution in [0.15, 0.2) is 24.5 Å². The molecule has 7 nitrogen and oxygen atoms in total. The summed E-state index contributed by atoms with van der Waals surface area (Å²) in [5, 5.41) is 14.2. The number of hydrogen-bond acceptors (Lipinski definition) is 5. The van der Waals surface area contributed by atoms with Gasteiger partial charge in [0.2, 0.25) is 5.91 Å². The molecule has 2 aromatic rings. The van der Waals surface area contributed by atoms with Crippen molar-refractivity contribution in [3.63, 3.8) is 0 Å². The first kappa shape index (κ1) is 15.4. The number of hydrogen-bond donors (Lipinski definition) is 2. The van der Waals surface area contributed by atoms with Crippen molar-refractivity contribution in [3.05, 3.63) is 29.5 Å². The topological polar surface area (TPSA) is 98.7 Å². The molecule has 0 spiro atoms. The molecule has 0 saturated carbocycles. The Morgan fingerprint density at radius 2 is 2.29 bits per heavy atom. The Labute approximate surface area is 127 Å². The minimum absolute atomic E-state index is 0.164. The second-order valence-electron chi connectivity index (χ2n) is 4.99. The Bertz CT molecular complexity index is 624. The molecule has 21 heavy (non-hydrogen) atoms. The number of nitrogens with zero attached hydrogens (tertiary/aromatic N) is 4. The van der Waals surface area contributed by atoms with E-state index < -0.39 is 5.41 Å². The molecule has 1 aromatic heterocycles. The summed E-state index contributed by atoms with van der Waals surface area (Å²) in [7, 11) is 0. The average Bonchev–Trinajstić information content (AvgIpc) is 3.02. The van der Waals surface area contributed by atoms with Crippen LogP contribution in [-0.2, 0) is 4.79 Å². The second kappa shape index (κ2) is 6.19. The average molecular weight is 309 g/mol. The quantitative estimate of drug-likeness (QED) is 0.874. The van der Waals surface area contributed by atoms with Gasteiger partial charge in [0, 0.05) is 6.54 Å². The Hall–Kier alpha value is -1.99. The van der Waals surface area contributed by atoms with Crippen LogP contribution >= 0.6 is 11.6 Å². The van der Waals surface area contributed by atoms with Gasteiger partial charge in [-0.05, 0) is 42.0 Å². The first-order valence-corrected chi connectivity index (χ1v) is 6.92. The first-order valence-electron chi connectivity index (χ1n) is 6.54. The van der Waals surface area contributed by atoms with E-state index in [0.717, 1.165) is 0 Å². The molecule has 3 N–H and O–H groups in total. The van der Waals surface area contributed by atoms with Crippen molar-refractivity contribution in [3.8, 4) is 5.69 Å². The number of rotatable bonds is 5. The van der Waals surface area contributed by atoms with Crippen LogP contribution < -0.4 is 11.1 Å². The van der Waals surface area contributed by atoms with E-state index in [1.54, 1.807) is 18.2 Å². The zero-order valence-corrected chi connectivity index (χ0v) is 12.6. The van der Waals surface area contributed by atoms with Crippen LogP contribution in [-0.4, -0.2) is 32.7 Å². The third-order valence-corrected chi connectivity index (χ3v) is 3.92. The van der Waals surface area contributed by atoms with Crippen LogP contribution in [0.3, 0.4) is 0 Å². The van der Waals surface area contributed by atoms with Gasteiger partial charge in [0.05, 0.1) is 21.8 Å². The van der Waals surface area contributed by atoms with E-state index in [2.05, 4.69) is 20.8 Å². The highest BCUT2D eigenvalue weighted by molar-refractivity contribution is 6.33. The maximum Gasteiger partial charge on any atom is 0.231 e. The van der Waals surface area contributed by atoms with E-state index in [0.29, 0.717) is 22.8 Å². The summed E-state index contributed by atoms with van der Waals surface area (Å²) in [5.41, 5.74) is 6.26. The number of nitrogens with two attached hydrogens (primary N) is 1. The minimum atomic E-state index is -0.631. The van der Waals surface area contributed by atoms with E-state index in [9.17, 15) is 4.79 Å². The molecule has 0 bridgehead atoms. The summed E-state index contributed by atoms with van der Waals surface area (Å²) in [4.78, 5) is 12.3. The van der Waals surface area contributed by atoms with Crippen LogP contribution in [0.4, 0.5) is 5.69 Å². The van der Waals surface area contributed by atoms with Crippen LogP contribution in [0.25, 0.3) is 5.69 Å². The molecule has 1 unspecified atom stereocenters. The van der Waals surface area contributed by atoms with Crippen molar-refractivity contribution >= 4 is 23.2 Å². The lowest BCUT2D eigenvalue weighted by Crippen LogP contribution is -2.39. The molecule has 0 saturated heterocycles.